The molecule has 0 aliphatic carbocycles. The van der Waals surface area contributed by atoms with Gasteiger partial charge in [-0.3, -0.25) is 9.36 Å². The molecule has 8 nitrogen and oxygen atoms in total. The Morgan fingerprint density at radius 2 is 2.13 bits per heavy atom. The monoisotopic (exact) mass is 338 g/mol. The van der Waals surface area contributed by atoms with Crippen LogP contribution in [0.3, 0.4) is 0 Å². The number of imidazole rings is 1. The minimum atomic E-state index is -0.619. The first-order valence-electron chi connectivity index (χ1n) is 6.74. The molecule has 0 radical (unpaired) electrons. The summed E-state index contributed by atoms with van der Waals surface area (Å²) in [7, 11) is 0. The van der Waals surface area contributed by atoms with Crippen LogP contribution < -0.4 is 5.32 Å². The summed E-state index contributed by atoms with van der Waals surface area (Å²) in [4.78, 5) is 25.9. The number of aryl methyl sites for hydroxylation is 1. The van der Waals surface area contributed by atoms with Crippen LogP contribution in [0.25, 0.3) is 0 Å². The number of nitro groups is 1. The van der Waals surface area contributed by atoms with Gasteiger partial charge >= 0.3 is 5.82 Å². The van der Waals surface area contributed by atoms with Gasteiger partial charge in [0.15, 0.2) is 0 Å². The normalized spacial score (nSPS) is 12.0. The van der Waals surface area contributed by atoms with Gasteiger partial charge in [0.05, 0.1) is 12.6 Å². The number of aliphatic hydroxyl groups excluding tert-OH is 1. The van der Waals surface area contributed by atoms with E-state index in [0.717, 1.165) is 0 Å². The Labute approximate surface area is 136 Å². The maximum atomic E-state index is 12.1. The molecule has 1 atom stereocenters. The molecule has 1 unspecified atom stereocenters. The first kappa shape index (κ1) is 16.9. The average molecular weight is 339 g/mol. The SMILES string of the molecule is Cc1nc([N+](=O)[O-])cn1CC(=O)NC(CO)c1ccc(Cl)cc1. The molecule has 0 fully saturated rings. The van der Waals surface area contributed by atoms with Crippen molar-refractivity contribution in [3.8, 4) is 0 Å². The van der Waals surface area contributed by atoms with Crippen molar-refractivity contribution in [1.82, 2.24) is 14.9 Å². The molecule has 23 heavy (non-hydrogen) atoms. The number of carbonyl (C=O) groups is 1. The third-order valence-corrected chi connectivity index (χ3v) is 3.51. The first-order chi connectivity index (χ1) is 10.9. The summed E-state index contributed by atoms with van der Waals surface area (Å²) in [6, 6.07) is 6.15. The van der Waals surface area contributed by atoms with Gasteiger partial charge in [-0.15, -0.1) is 0 Å². The lowest BCUT2D eigenvalue weighted by Gasteiger charge is -2.17. The highest BCUT2D eigenvalue weighted by molar-refractivity contribution is 6.30. The number of aromatic nitrogens is 2. The third kappa shape index (κ3) is 4.27. The second kappa shape index (κ2) is 7.21. The average Bonchev–Trinajstić information content (AvgIpc) is 2.87. The number of hydrogen-bond acceptors (Lipinski definition) is 5. The molecule has 1 heterocycles. The summed E-state index contributed by atoms with van der Waals surface area (Å²) in [5, 5.41) is 23.3. The molecule has 9 heteroatoms. The zero-order valence-electron chi connectivity index (χ0n) is 12.3. The molecule has 122 valence electrons. The Hall–Kier alpha value is -2.45. The van der Waals surface area contributed by atoms with Crippen molar-refractivity contribution in [3.05, 3.63) is 57.0 Å². The van der Waals surface area contributed by atoms with Crippen molar-refractivity contribution in [1.29, 1.82) is 0 Å². The minimum absolute atomic E-state index is 0.128. The molecular weight excluding hydrogens is 324 g/mol. The lowest BCUT2D eigenvalue weighted by atomic mass is 10.1. The molecular formula is C14H15ClN4O4. The van der Waals surface area contributed by atoms with E-state index in [2.05, 4.69) is 10.3 Å². The Bertz CT molecular complexity index is 714. The largest absolute Gasteiger partial charge is 0.394 e. The van der Waals surface area contributed by atoms with E-state index >= 15 is 0 Å². The maximum Gasteiger partial charge on any atom is 0.381 e. The van der Waals surface area contributed by atoms with E-state index in [-0.39, 0.29) is 19.0 Å². The van der Waals surface area contributed by atoms with Crippen LogP contribution in [-0.4, -0.2) is 32.1 Å². The molecule has 0 saturated carbocycles. The highest BCUT2D eigenvalue weighted by atomic mass is 35.5. The Morgan fingerprint density at radius 1 is 1.48 bits per heavy atom. The molecule has 2 rings (SSSR count). The van der Waals surface area contributed by atoms with Gasteiger partial charge in [-0.2, -0.15) is 0 Å². The van der Waals surface area contributed by atoms with Crippen molar-refractivity contribution in [3.63, 3.8) is 0 Å². The number of benzene rings is 1. The van der Waals surface area contributed by atoms with E-state index in [9.17, 15) is 20.0 Å². The zero-order chi connectivity index (χ0) is 17.0. The smallest absolute Gasteiger partial charge is 0.381 e. The second-order valence-electron chi connectivity index (χ2n) is 4.89. The van der Waals surface area contributed by atoms with Gasteiger partial charge in [-0.25, -0.2) is 0 Å². The summed E-state index contributed by atoms with van der Waals surface area (Å²) >= 11 is 5.80. The molecule has 0 bridgehead atoms. The molecule has 2 N–H and O–H groups in total. The fourth-order valence-electron chi connectivity index (χ4n) is 2.06. The van der Waals surface area contributed by atoms with Gasteiger partial charge in [0.1, 0.15) is 12.7 Å². The number of halogens is 1. The zero-order valence-corrected chi connectivity index (χ0v) is 13.0. The molecule has 0 spiro atoms. The van der Waals surface area contributed by atoms with Crippen LogP contribution in [0.4, 0.5) is 5.82 Å². The summed E-state index contributed by atoms with van der Waals surface area (Å²) in [5.41, 5.74) is 0.707. The summed E-state index contributed by atoms with van der Waals surface area (Å²) < 4.78 is 1.38. The third-order valence-electron chi connectivity index (χ3n) is 3.25. The van der Waals surface area contributed by atoms with Crippen LogP contribution in [0, 0.1) is 17.0 Å². The lowest BCUT2D eigenvalue weighted by Crippen LogP contribution is -2.33. The number of nitrogens with one attached hydrogen (secondary N) is 1. The van der Waals surface area contributed by atoms with Gasteiger partial charge in [0, 0.05) is 11.9 Å². The fraction of sp³-hybridized carbons (Fsp3) is 0.286. The topological polar surface area (TPSA) is 110 Å². The van der Waals surface area contributed by atoms with Crippen molar-refractivity contribution >= 4 is 23.3 Å². The number of rotatable bonds is 6. The van der Waals surface area contributed by atoms with Gasteiger partial charge < -0.3 is 20.5 Å². The highest BCUT2D eigenvalue weighted by Gasteiger charge is 2.19. The summed E-state index contributed by atoms with van der Waals surface area (Å²) in [6.45, 7) is 1.16. The van der Waals surface area contributed by atoms with Crippen molar-refractivity contribution < 1.29 is 14.8 Å². The van der Waals surface area contributed by atoms with E-state index in [1.54, 1.807) is 31.2 Å². The molecule has 1 aromatic heterocycles. The first-order valence-corrected chi connectivity index (χ1v) is 7.12. The number of nitrogens with zero attached hydrogens (tertiary/aromatic N) is 3. The van der Waals surface area contributed by atoms with E-state index in [1.165, 1.54) is 10.8 Å². The van der Waals surface area contributed by atoms with Crippen LogP contribution >= 0.6 is 11.6 Å². The van der Waals surface area contributed by atoms with Crippen LogP contribution in [0.2, 0.25) is 5.02 Å². The minimum Gasteiger partial charge on any atom is -0.394 e. The van der Waals surface area contributed by atoms with Gasteiger partial charge in [0.2, 0.25) is 11.7 Å². The standard InChI is InChI=1S/C14H15ClN4O4/c1-9-16-13(19(22)23)6-18(9)7-14(21)17-12(8-20)10-2-4-11(15)5-3-10/h2-6,12,20H,7-8H2,1H3,(H,17,21). The number of amides is 1. The Kier molecular flexibility index (Phi) is 5.30. The van der Waals surface area contributed by atoms with Crippen molar-refractivity contribution in [2.24, 2.45) is 0 Å². The van der Waals surface area contributed by atoms with Gasteiger partial charge in [-0.05, 0) is 27.6 Å². The molecule has 1 amide bonds. The summed E-state index contributed by atoms with van der Waals surface area (Å²) in [5.74, 6) is -0.347. The fourth-order valence-corrected chi connectivity index (χ4v) is 2.19. The van der Waals surface area contributed by atoms with Crippen LogP contribution in [-0.2, 0) is 11.3 Å². The second-order valence-corrected chi connectivity index (χ2v) is 5.32. The lowest BCUT2D eigenvalue weighted by molar-refractivity contribution is -0.389. The van der Waals surface area contributed by atoms with E-state index in [0.29, 0.717) is 16.4 Å². The van der Waals surface area contributed by atoms with E-state index in [1.807, 2.05) is 0 Å². The number of aliphatic hydroxyl groups is 1. The Balaban J connectivity index is 2.05. The van der Waals surface area contributed by atoms with E-state index < -0.39 is 16.9 Å². The molecule has 2 aromatic rings. The molecule has 0 aliphatic heterocycles. The Morgan fingerprint density at radius 3 is 2.65 bits per heavy atom. The van der Waals surface area contributed by atoms with Gasteiger partial charge in [0.25, 0.3) is 0 Å². The molecule has 0 saturated heterocycles. The van der Waals surface area contributed by atoms with E-state index in [4.69, 9.17) is 11.6 Å². The van der Waals surface area contributed by atoms with Crippen molar-refractivity contribution in [2.75, 3.05) is 6.61 Å². The van der Waals surface area contributed by atoms with Crippen LogP contribution in [0.1, 0.15) is 17.4 Å². The predicted molar refractivity (Wildman–Crippen MR) is 83.0 cm³/mol. The van der Waals surface area contributed by atoms with Crippen LogP contribution in [0.5, 0.6) is 0 Å². The predicted octanol–water partition coefficient (Wildman–Crippen LogP) is 1.60. The van der Waals surface area contributed by atoms with Crippen molar-refractivity contribution in [2.45, 2.75) is 19.5 Å². The van der Waals surface area contributed by atoms with Crippen LogP contribution in [0.15, 0.2) is 30.5 Å². The quantitative estimate of drug-likeness (QED) is 0.614. The number of carbonyl (C=O) groups excluding carboxylic acids is 1. The highest BCUT2D eigenvalue weighted by Crippen LogP contribution is 2.16. The van der Waals surface area contributed by atoms with Gasteiger partial charge in [-0.1, -0.05) is 23.7 Å². The summed E-state index contributed by atoms with van der Waals surface area (Å²) in [6.07, 6.45) is 1.20. The number of hydrogen-bond donors (Lipinski definition) is 2. The maximum absolute atomic E-state index is 12.1. The molecule has 1 aromatic carbocycles. The molecule has 0 aliphatic rings.